The van der Waals surface area contributed by atoms with Gasteiger partial charge in [0.1, 0.15) is 11.5 Å². The number of carbonyl (C=O) groups is 1. The summed E-state index contributed by atoms with van der Waals surface area (Å²) in [6.07, 6.45) is 0. The summed E-state index contributed by atoms with van der Waals surface area (Å²) in [5, 5.41) is 9.49. The van der Waals surface area contributed by atoms with Crippen LogP contribution in [0.3, 0.4) is 0 Å². The van der Waals surface area contributed by atoms with E-state index in [-0.39, 0.29) is 4.88 Å². The van der Waals surface area contributed by atoms with Gasteiger partial charge in [0.15, 0.2) is 5.06 Å². The Labute approximate surface area is 132 Å². The van der Waals surface area contributed by atoms with Crippen LogP contribution in [0, 0.1) is 0 Å². The van der Waals surface area contributed by atoms with Gasteiger partial charge in [-0.1, -0.05) is 65.9 Å². The van der Waals surface area contributed by atoms with E-state index in [1.54, 1.807) is 12.1 Å². The largest absolute Gasteiger partial charge is 0.479 e. The Hall–Kier alpha value is -2.59. The van der Waals surface area contributed by atoms with Crippen LogP contribution in [0.15, 0.2) is 66.7 Å². The number of carboxylic acid groups (broad SMARTS) is 1. The third kappa shape index (κ3) is 3.35. The molecule has 0 amide bonds. The first-order chi connectivity index (χ1) is 10.7. The molecule has 1 N–H and O–H groups in total. The minimum atomic E-state index is -0.924. The van der Waals surface area contributed by atoms with Crippen LogP contribution in [-0.4, -0.2) is 11.1 Å². The minimum Gasteiger partial charge on any atom is -0.479 e. The molecule has 0 unspecified atom stereocenters. The molecule has 0 fully saturated rings. The van der Waals surface area contributed by atoms with E-state index in [0.29, 0.717) is 11.7 Å². The molecule has 0 bridgehead atoms. The Morgan fingerprint density at radius 3 is 2.23 bits per heavy atom. The molecule has 0 aliphatic heterocycles. The van der Waals surface area contributed by atoms with Crippen molar-refractivity contribution < 1.29 is 14.6 Å². The van der Waals surface area contributed by atoms with Gasteiger partial charge in [-0.3, -0.25) is 0 Å². The Morgan fingerprint density at radius 2 is 1.59 bits per heavy atom. The first-order valence-electron chi connectivity index (χ1n) is 6.83. The summed E-state index contributed by atoms with van der Waals surface area (Å²) in [5.41, 5.74) is 3.39. The van der Waals surface area contributed by atoms with Gasteiger partial charge in [0, 0.05) is 0 Å². The second-order valence-electron chi connectivity index (χ2n) is 4.78. The maximum atomic E-state index is 10.8. The second kappa shape index (κ2) is 6.45. The van der Waals surface area contributed by atoms with E-state index in [4.69, 9.17) is 9.84 Å². The van der Waals surface area contributed by atoms with Crippen molar-refractivity contribution in [3.63, 3.8) is 0 Å². The minimum absolute atomic E-state index is 0.287. The first kappa shape index (κ1) is 14.4. The number of hydrogen-bond donors (Lipinski definition) is 1. The van der Waals surface area contributed by atoms with Crippen molar-refractivity contribution in [1.82, 2.24) is 0 Å². The molecule has 0 saturated heterocycles. The molecule has 0 aliphatic carbocycles. The molecular weight excluding hydrogens is 296 g/mol. The monoisotopic (exact) mass is 310 g/mol. The van der Waals surface area contributed by atoms with E-state index in [1.807, 2.05) is 30.3 Å². The highest BCUT2D eigenvalue weighted by Gasteiger charge is 2.07. The number of benzene rings is 2. The van der Waals surface area contributed by atoms with Gasteiger partial charge in [0.25, 0.3) is 0 Å². The molecule has 0 aliphatic rings. The number of aromatic carboxylic acids is 1. The van der Waals surface area contributed by atoms with Crippen molar-refractivity contribution in [2.45, 2.75) is 6.61 Å². The zero-order chi connectivity index (χ0) is 15.4. The fraction of sp³-hybridized carbons (Fsp3) is 0.0556. The van der Waals surface area contributed by atoms with Crippen molar-refractivity contribution >= 4 is 17.3 Å². The molecule has 4 heteroatoms. The molecule has 0 atom stereocenters. The fourth-order valence-corrected chi connectivity index (χ4v) is 2.79. The van der Waals surface area contributed by atoms with Gasteiger partial charge in [-0.05, 0) is 28.8 Å². The van der Waals surface area contributed by atoms with Crippen molar-refractivity contribution in [2.24, 2.45) is 0 Å². The van der Waals surface area contributed by atoms with Crippen LogP contribution in [0.5, 0.6) is 5.06 Å². The molecule has 1 heterocycles. The molecule has 3 nitrogen and oxygen atoms in total. The lowest BCUT2D eigenvalue weighted by atomic mass is 10.0. The maximum Gasteiger partial charge on any atom is 0.345 e. The Morgan fingerprint density at radius 1 is 0.909 bits per heavy atom. The second-order valence-corrected chi connectivity index (χ2v) is 5.82. The zero-order valence-electron chi connectivity index (χ0n) is 11.7. The van der Waals surface area contributed by atoms with E-state index >= 15 is 0 Å². The predicted octanol–water partition coefficient (Wildman–Crippen LogP) is 4.69. The van der Waals surface area contributed by atoms with Crippen LogP contribution in [0.4, 0.5) is 0 Å². The first-order valence-corrected chi connectivity index (χ1v) is 7.64. The molecule has 2 aromatic carbocycles. The maximum absolute atomic E-state index is 10.8. The number of thiophene rings is 1. The van der Waals surface area contributed by atoms with Gasteiger partial charge in [-0.2, -0.15) is 0 Å². The smallest absolute Gasteiger partial charge is 0.345 e. The topological polar surface area (TPSA) is 46.5 Å². The lowest BCUT2D eigenvalue weighted by Gasteiger charge is -2.05. The van der Waals surface area contributed by atoms with Gasteiger partial charge in [0.05, 0.1) is 0 Å². The lowest BCUT2D eigenvalue weighted by molar-refractivity contribution is 0.0702. The Bertz CT molecular complexity index is 761. The Kier molecular flexibility index (Phi) is 4.21. The molecule has 110 valence electrons. The molecule has 0 radical (unpaired) electrons. The molecular formula is C18H14O3S. The molecule has 3 rings (SSSR count). The van der Waals surface area contributed by atoms with Crippen LogP contribution >= 0.6 is 11.3 Å². The third-order valence-corrected chi connectivity index (χ3v) is 4.22. The third-order valence-electron chi connectivity index (χ3n) is 3.23. The van der Waals surface area contributed by atoms with Crippen LogP contribution < -0.4 is 4.74 Å². The molecule has 22 heavy (non-hydrogen) atoms. The van der Waals surface area contributed by atoms with Crippen LogP contribution in [0.1, 0.15) is 15.2 Å². The van der Waals surface area contributed by atoms with Crippen molar-refractivity contribution in [3.8, 4) is 16.2 Å². The van der Waals surface area contributed by atoms with E-state index < -0.39 is 5.97 Å². The van der Waals surface area contributed by atoms with E-state index in [2.05, 4.69) is 24.3 Å². The number of carboxylic acids is 1. The molecule has 1 aromatic heterocycles. The summed E-state index contributed by atoms with van der Waals surface area (Å²) < 4.78 is 5.62. The number of ether oxygens (including phenoxy) is 1. The molecule has 0 saturated carbocycles. The highest BCUT2D eigenvalue weighted by Crippen LogP contribution is 2.25. The molecule has 3 aromatic rings. The average Bonchev–Trinajstić information content (AvgIpc) is 3.04. The zero-order valence-corrected chi connectivity index (χ0v) is 12.5. The summed E-state index contributed by atoms with van der Waals surface area (Å²) in [6.45, 7) is 0.425. The van der Waals surface area contributed by atoms with Crippen LogP contribution in [-0.2, 0) is 6.61 Å². The Balaban J connectivity index is 1.65. The average molecular weight is 310 g/mol. The molecule has 0 spiro atoms. The SMILES string of the molecule is O=C(O)c1ccc(OCc2ccc(-c3ccccc3)cc2)s1. The number of rotatable bonds is 5. The van der Waals surface area contributed by atoms with Gasteiger partial charge < -0.3 is 9.84 Å². The van der Waals surface area contributed by atoms with Crippen molar-refractivity contribution in [3.05, 3.63) is 77.2 Å². The standard InChI is InChI=1S/C18H14O3S/c19-18(20)16-10-11-17(22-16)21-12-13-6-8-15(9-7-13)14-4-2-1-3-5-14/h1-11H,12H2,(H,19,20). The van der Waals surface area contributed by atoms with Crippen molar-refractivity contribution in [1.29, 1.82) is 0 Å². The summed E-state index contributed by atoms with van der Waals surface area (Å²) >= 11 is 1.14. The highest BCUT2D eigenvalue weighted by atomic mass is 32.1. The van der Waals surface area contributed by atoms with Crippen molar-refractivity contribution in [2.75, 3.05) is 0 Å². The quantitative estimate of drug-likeness (QED) is 0.743. The number of hydrogen-bond acceptors (Lipinski definition) is 3. The van der Waals surface area contributed by atoms with E-state index in [9.17, 15) is 4.79 Å². The normalized spacial score (nSPS) is 10.4. The van der Waals surface area contributed by atoms with Crippen LogP contribution in [0.2, 0.25) is 0 Å². The van der Waals surface area contributed by atoms with E-state index in [1.165, 1.54) is 5.56 Å². The van der Waals surface area contributed by atoms with Gasteiger partial charge in [-0.15, -0.1) is 0 Å². The van der Waals surface area contributed by atoms with Crippen LogP contribution in [0.25, 0.3) is 11.1 Å². The summed E-state index contributed by atoms with van der Waals surface area (Å²) in [5.74, 6) is -0.924. The summed E-state index contributed by atoms with van der Waals surface area (Å²) in [4.78, 5) is 11.1. The van der Waals surface area contributed by atoms with E-state index in [0.717, 1.165) is 22.5 Å². The lowest BCUT2D eigenvalue weighted by Crippen LogP contribution is -1.93. The highest BCUT2D eigenvalue weighted by molar-refractivity contribution is 7.15. The van der Waals surface area contributed by atoms with Gasteiger partial charge in [0.2, 0.25) is 0 Å². The summed E-state index contributed by atoms with van der Waals surface area (Å²) in [7, 11) is 0. The van der Waals surface area contributed by atoms with Gasteiger partial charge >= 0.3 is 5.97 Å². The fourth-order valence-electron chi connectivity index (χ4n) is 2.09. The predicted molar refractivity (Wildman–Crippen MR) is 87.5 cm³/mol. The van der Waals surface area contributed by atoms with Gasteiger partial charge in [-0.25, -0.2) is 4.79 Å². The summed E-state index contributed by atoms with van der Waals surface area (Å²) in [6, 6.07) is 21.6.